The molecule has 0 fully saturated rings. The van der Waals surface area contributed by atoms with E-state index in [-0.39, 0.29) is 5.91 Å². The molecule has 3 rings (SSSR count). The van der Waals surface area contributed by atoms with Gasteiger partial charge in [0.1, 0.15) is 6.33 Å². The van der Waals surface area contributed by atoms with Gasteiger partial charge >= 0.3 is 0 Å². The topological polar surface area (TPSA) is 91.2 Å². The Hall–Kier alpha value is -3.68. The number of methoxy groups -OCH3 is 2. The van der Waals surface area contributed by atoms with Crippen LogP contribution in [0.2, 0.25) is 0 Å². The molecule has 1 amide bonds. The molecule has 0 aliphatic carbocycles. The maximum Gasteiger partial charge on any atom is 0.248 e. The molecule has 0 aliphatic rings. The van der Waals surface area contributed by atoms with Gasteiger partial charge in [0.15, 0.2) is 11.5 Å². The zero-order valence-corrected chi connectivity index (χ0v) is 16.1. The minimum absolute atomic E-state index is 0.291. The summed E-state index contributed by atoms with van der Waals surface area (Å²) in [5.41, 5.74) is 3.20. The fourth-order valence-corrected chi connectivity index (χ4v) is 2.52. The van der Waals surface area contributed by atoms with Crippen LogP contribution in [0.15, 0.2) is 43.0 Å². The van der Waals surface area contributed by atoms with Gasteiger partial charge in [-0.15, -0.1) is 0 Å². The Morgan fingerprint density at radius 2 is 1.79 bits per heavy atom. The number of carbonyl (C=O) groups is 1. The molecule has 2 aromatic heterocycles. The predicted molar refractivity (Wildman–Crippen MR) is 106 cm³/mol. The van der Waals surface area contributed by atoms with Crippen molar-refractivity contribution in [2.45, 2.75) is 13.8 Å². The average molecular weight is 379 g/mol. The van der Waals surface area contributed by atoms with Crippen LogP contribution >= 0.6 is 0 Å². The summed E-state index contributed by atoms with van der Waals surface area (Å²) >= 11 is 0. The number of nitrogens with one attached hydrogen (secondary N) is 1. The van der Waals surface area contributed by atoms with E-state index < -0.39 is 0 Å². The third-order valence-electron chi connectivity index (χ3n) is 4.21. The molecule has 0 unspecified atom stereocenters. The normalized spacial score (nSPS) is 10.9. The summed E-state index contributed by atoms with van der Waals surface area (Å²) < 4.78 is 12.2. The first kappa shape index (κ1) is 19.1. The highest BCUT2D eigenvalue weighted by molar-refractivity contribution is 6.01. The molecule has 8 nitrogen and oxygen atoms in total. The van der Waals surface area contributed by atoms with E-state index in [9.17, 15) is 4.79 Å². The standard InChI is InChI=1S/C20H21N5O3/c1-13-14(2)25(12-23-13)20-21-10-16(11-22-20)24-19(26)8-6-15-5-7-17(27-3)18(9-15)28-4/h5-12H,1-4H3,(H,24,26)/b8-6+. The average Bonchev–Trinajstić information content (AvgIpc) is 3.05. The molecule has 0 spiro atoms. The number of carbonyl (C=O) groups excluding carboxylic acids is 1. The van der Waals surface area contributed by atoms with Crippen molar-refractivity contribution < 1.29 is 14.3 Å². The van der Waals surface area contributed by atoms with E-state index in [0.717, 1.165) is 17.0 Å². The Bertz CT molecular complexity index is 1010. The molecule has 0 saturated heterocycles. The summed E-state index contributed by atoms with van der Waals surface area (Å²) in [6, 6.07) is 5.40. The largest absolute Gasteiger partial charge is 0.493 e. The highest BCUT2D eigenvalue weighted by Gasteiger charge is 2.08. The van der Waals surface area contributed by atoms with Crippen LogP contribution in [-0.4, -0.2) is 39.6 Å². The number of nitrogens with zero attached hydrogens (tertiary/aromatic N) is 4. The van der Waals surface area contributed by atoms with Gasteiger partial charge in [0.2, 0.25) is 11.9 Å². The second-order valence-corrected chi connectivity index (χ2v) is 5.99. The Morgan fingerprint density at radius 1 is 1.07 bits per heavy atom. The van der Waals surface area contributed by atoms with Crippen LogP contribution in [0.1, 0.15) is 17.0 Å². The minimum Gasteiger partial charge on any atom is -0.493 e. The predicted octanol–water partition coefficient (Wildman–Crippen LogP) is 2.95. The van der Waals surface area contributed by atoms with Crippen LogP contribution in [0.3, 0.4) is 0 Å². The highest BCUT2D eigenvalue weighted by Crippen LogP contribution is 2.27. The van der Waals surface area contributed by atoms with Gasteiger partial charge in [-0.1, -0.05) is 6.07 Å². The first-order valence-corrected chi connectivity index (χ1v) is 8.56. The van der Waals surface area contributed by atoms with Gasteiger partial charge in [0.05, 0.1) is 38.0 Å². The van der Waals surface area contributed by atoms with Crippen LogP contribution in [-0.2, 0) is 4.79 Å². The summed E-state index contributed by atoms with van der Waals surface area (Å²) in [6.45, 7) is 3.87. The molecule has 1 N–H and O–H groups in total. The zero-order chi connectivity index (χ0) is 20.1. The number of benzene rings is 1. The summed E-state index contributed by atoms with van der Waals surface area (Å²) in [5.74, 6) is 1.43. The number of imidazole rings is 1. The Balaban J connectivity index is 1.66. The van der Waals surface area contributed by atoms with Gasteiger partial charge in [0, 0.05) is 11.8 Å². The smallest absolute Gasteiger partial charge is 0.248 e. The summed E-state index contributed by atoms with van der Waals surface area (Å²) in [6.07, 6.45) is 7.89. The van der Waals surface area contributed by atoms with E-state index >= 15 is 0 Å². The third kappa shape index (κ3) is 4.17. The molecule has 0 radical (unpaired) electrons. The van der Waals surface area contributed by atoms with Crippen molar-refractivity contribution in [3.05, 3.63) is 59.9 Å². The molecule has 2 heterocycles. The van der Waals surface area contributed by atoms with Crippen molar-refractivity contribution in [1.82, 2.24) is 19.5 Å². The van der Waals surface area contributed by atoms with E-state index in [1.165, 1.54) is 6.08 Å². The summed E-state index contributed by atoms with van der Waals surface area (Å²) in [4.78, 5) is 24.9. The van der Waals surface area contributed by atoms with Gasteiger partial charge in [0.25, 0.3) is 0 Å². The van der Waals surface area contributed by atoms with E-state index in [2.05, 4.69) is 20.3 Å². The molecule has 0 bridgehead atoms. The second kappa shape index (κ2) is 8.34. The fourth-order valence-electron chi connectivity index (χ4n) is 2.52. The highest BCUT2D eigenvalue weighted by atomic mass is 16.5. The third-order valence-corrected chi connectivity index (χ3v) is 4.21. The van der Waals surface area contributed by atoms with Crippen molar-refractivity contribution in [3.63, 3.8) is 0 Å². The van der Waals surface area contributed by atoms with Crippen LogP contribution < -0.4 is 14.8 Å². The van der Waals surface area contributed by atoms with Gasteiger partial charge in [-0.25, -0.2) is 15.0 Å². The number of hydrogen-bond donors (Lipinski definition) is 1. The number of aryl methyl sites for hydroxylation is 1. The fraction of sp³-hybridized carbons (Fsp3) is 0.200. The van der Waals surface area contributed by atoms with E-state index in [1.807, 2.05) is 19.9 Å². The van der Waals surface area contributed by atoms with E-state index in [0.29, 0.717) is 23.1 Å². The number of rotatable bonds is 6. The Kier molecular flexibility index (Phi) is 5.69. The van der Waals surface area contributed by atoms with Crippen LogP contribution in [0.4, 0.5) is 5.69 Å². The number of ether oxygens (including phenoxy) is 2. The lowest BCUT2D eigenvalue weighted by Crippen LogP contribution is -2.09. The number of amides is 1. The summed E-state index contributed by atoms with van der Waals surface area (Å²) in [5, 5.41) is 2.73. The molecule has 28 heavy (non-hydrogen) atoms. The van der Waals surface area contributed by atoms with Gasteiger partial charge in [-0.2, -0.15) is 0 Å². The first-order chi connectivity index (χ1) is 13.5. The van der Waals surface area contributed by atoms with Crippen LogP contribution in [0.25, 0.3) is 12.0 Å². The van der Waals surface area contributed by atoms with Crippen molar-refractivity contribution in [1.29, 1.82) is 0 Å². The van der Waals surface area contributed by atoms with Crippen molar-refractivity contribution >= 4 is 17.7 Å². The number of anilines is 1. The minimum atomic E-state index is -0.291. The van der Waals surface area contributed by atoms with E-state index in [4.69, 9.17) is 9.47 Å². The Morgan fingerprint density at radius 3 is 2.39 bits per heavy atom. The number of hydrogen-bond acceptors (Lipinski definition) is 6. The lowest BCUT2D eigenvalue weighted by molar-refractivity contribution is -0.111. The molecule has 0 aliphatic heterocycles. The lowest BCUT2D eigenvalue weighted by Gasteiger charge is -2.07. The number of aromatic nitrogens is 4. The van der Waals surface area contributed by atoms with E-state index in [1.54, 1.807) is 55.7 Å². The maximum atomic E-state index is 12.2. The van der Waals surface area contributed by atoms with Crippen molar-refractivity contribution in [3.8, 4) is 17.4 Å². The quantitative estimate of drug-likeness (QED) is 0.662. The molecule has 0 saturated carbocycles. The van der Waals surface area contributed by atoms with Crippen LogP contribution in [0.5, 0.6) is 11.5 Å². The molecule has 8 heteroatoms. The Labute approximate surface area is 162 Å². The molecular weight excluding hydrogens is 358 g/mol. The monoisotopic (exact) mass is 379 g/mol. The zero-order valence-electron chi connectivity index (χ0n) is 16.1. The molecule has 1 aromatic carbocycles. The van der Waals surface area contributed by atoms with Gasteiger partial charge in [-0.3, -0.25) is 9.36 Å². The van der Waals surface area contributed by atoms with Gasteiger partial charge < -0.3 is 14.8 Å². The lowest BCUT2D eigenvalue weighted by atomic mass is 10.2. The molecule has 144 valence electrons. The maximum absolute atomic E-state index is 12.2. The van der Waals surface area contributed by atoms with Gasteiger partial charge in [-0.05, 0) is 37.6 Å². The van der Waals surface area contributed by atoms with Crippen LogP contribution in [0, 0.1) is 13.8 Å². The van der Waals surface area contributed by atoms with Crippen molar-refractivity contribution in [2.75, 3.05) is 19.5 Å². The molecule has 3 aromatic rings. The summed E-state index contributed by atoms with van der Waals surface area (Å²) in [7, 11) is 3.14. The first-order valence-electron chi connectivity index (χ1n) is 8.56. The molecule has 0 atom stereocenters. The van der Waals surface area contributed by atoms with Crippen molar-refractivity contribution in [2.24, 2.45) is 0 Å². The second-order valence-electron chi connectivity index (χ2n) is 5.99. The SMILES string of the molecule is COc1ccc(/C=C/C(=O)Nc2cnc(-n3cnc(C)c3C)nc2)cc1OC. The molecular formula is C20H21N5O3.